The van der Waals surface area contributed by atoms with Gasteiger partial charge in [0.15, 0.2) is 11.5 Å². The summed E-state index contributed by atoms with van der Waals surface area (Å²) >= 11 is 0. The van der Waals surface area contributed by atoms with Crippen LogP contribution in [0.15, 0.2) is 47.3 Å². The molecule has 0 spiro atoms. The average Bonchev–Trinajstić information content (AvgIpc) is 2.70. The van der Waals surface area contributed by atoms with Gasteiger partial charge < -0.3 is 18.8 Å². The molecule has 0 bridgehead atoms. The summed E-state index contributed by atoms with van der Waals surface area (Å²) in [7, 11) is 4.82. The Balaban J connectivity index is 2.06. The normalized spacial score (nSPS) is 16.0. The first-order valence-electron chi connectivity index (χ1n) is 8.60. The van der Waals surface area contributed by atoms with Crippen LogP contribution in [0.5, 0.6) is 17.2 Å². The van der Waals surface area contributed by atoms with Crippen LogP contribution in [-0.4, -0.2) is 24.8 Å². The van der Waals surface area contributed by atoms with Crippen molar-refractivity contribution in [1.29, 1.82) is 0 Å². The summed E-state index contributed by atoms with van der Waals surface area (Å²) in [5.41, 5.74) is 1.71. The number of methoxy groups -OCH3 is 2. The number of esters is 1. The Hall–Kier alpha value is -3.28. The second-order valence-corrected chi connectivity index (χ2v) is 6.44. The number of rotatable bonds is 3. The highest BCUT2D eigenvalue weighted by Gasteiger charge is 2.35. The quantitative estimate of drug-likeness (QED) is 0.668. The van der Waals surface area contributed by atoms with E-state index in [1.165, 1.54) is 0 Å². The lowest BCUT2D eigenvalue weighted by atomic mass is 9.85. The number of para-hydroxylation sites is 2. The molecule has 0 N–H and O–H groups in total. The van der Waals surface area contributed by atoms with Crippen LogP contribution in [0.3, 0.4) is 0 Å². The molecular formula is C21H19NO5. The summed E-state index contributed by atoms with van der Waals surface area (Å²) in [5, 5.41) is 0.731. The van der Waals surface area contributed by atoms with E-state index in [2.05, 4.69) is 0 Å². The van der Waals surface area contributed by atoms with Crippen LogP contribution in [0.25, 0.3) is 10.9 Å². The minimum Gasteiger partial charge on any atom is -0.493 e. The molecular weight excluding hydrogens is 346 g/mol. The summed E-state index contributed by atoms with van der Waals surface area (Å²) in [6.45, 7) is 0. The number of carbonyl (C=O) groups is 1. The first-order valence-corrected chi connectivity index (χ1v) is 8.60. The standard InChI is InChI=1S/C21H19NO5/c1-22-15-9-5-4-7-13(15)20-18(21(22)24)14(11-17(23)27-20)12-8-6-10-16(25-2)19(12)26-3/h4-10,14H,11H2,1-3H3/t14-/m1/s1. The molecule has 6 heteroatoms. The predicted octanol–water partition coefficient (Wildman–Crippen LogP) is 3.00. The molecule has 4 rings (SSSR count). The van der Waals surface area contributed by atoms with Crippen molar-refractivity contribution in [3.8, 4) is 17.2 Å². The van der Waals surface area contributed by atoms with Gasteiger partial charge in [-0.25, -0.2) is 0 Å². The molecule has 0 unspecified atom stereocenters. The summed E-state index contributed by atoms with van der Waals surface area (Å²) in [5.74, 6) is 0.541. The van der Waals surface area contributed by atoms with Crippen molar-refractivity contribution in [3.05, 3.63) is 63.9 Å². The molecule has 0 fully saturated rings. The topological polar surface area (TPSA) is 66.8 Å². The number of carbonyl (C=O) groups excluding carboxylic acids is 1. The van der Waals surface area contributed by atoms with Gasteiger partial charge in [0.2, 0.25) is 0 Å². The van der Waals surface area contributed by atoms with Crippen LogP contribution in [0.2, 0.25) is 0 Å². The second-order valence-electron chi connectivity index (χ2n) is 6.44. The maximum absolute atomic E-state index is 13.2. The van der Waals surface area contributed by atoms with E-state index in [1.807, 2.05) is 36.4 Å². The van der Waals surface area contributed by atoms with E-state index in [9.17, 15) is 9.59 Å². The second kappa shape index (κ2) is 6.46. The maximum Gasteiger partial charge on any atom is 0.312 e. The number of ether oxygens (including phenoxy) is 3. The molecule has 0 saturated carbocycles. The van der Waals surface area contributed by atoms with Crippen molar-refractivity contribution in [2.24, 2.45) is 7.05 Å². The summed E-state index contributed by atoms with van der Waals surface area (Å²) in [6.07, 6.45) is 0.0596. The van der Waals surface area contributed by atoms with Crippen LogP contribution in [0, 0.1) is 0 Å². The van der Waals surface area contributed by atoms with Gasteiger partial charge in [-0.1, -0.05) is 24.3 Å². The van der Waals surface area contributed by atoms with E-state index in [0.717, 1.165) is 10.9 Å². The minimum absolute atomic E-state index is 0.0596. The van der Waals surface area contributed by atoms with E-state index < -0.39 is 5.92 Å². The Kier molecular flexibility index (Phi) is 4.11. The maximum atomic E-state index is 13.2. The third-order valence-electron chi connectivity index (χ3n) is 5.03. The van der Waals surface area contributed by atoms with Crippen molar-refractivity contribution in [3.63, 3.8) is 0 Å². The number of aromatic nitrogens is 1. The number of nitrogens with zero attached hydrogens (tertiary/aromatic N) is 1. The van der Waals surface area contributed by atoms with Crippen molar-refractivity contribution in [1.82, 2.24) is 4.57 Å². The molecule has 27 heavy (non-hydrogen) atoms. The van der Waals surface area contributed by atoms with Crippen LogP contribution < -0.4 is 19.8 Å². The highest BCUT2D eigenvalue weighted by molar-refractivity contribution is 5.91. The highest BCUT2D eigenvalue weighted by atomic mass is 16.5. The Bertz CT molecular complexity index is 1120. The zero-order valence-electron chi connectivity index (χ0n) is 15.3. The van der Waals surface area contributed by atoms with Crippen molar-refractivity contribution in [2.45, 2.75) is 12.3 Å². The van der Waals surface area contributed by atoms with Gasteiger partial charge in [0.1, 0.15) is 5.75 Å². The van der Waals surface area contributed by atoms with E-state index in [1.54, 1.807) is 31.9 Å². The fraction of sp³-hybridized carbons (Fsp3) is 0.238. The molecule has 6 nitrogen and oxygen atoms in total. The fourth-order valence-corrected chi connectivity index (χ4v) is 3.78. The van der Waals surface area contributed by atoms with Gasteiger partial charge in [0.05, 0.1) is 31.7 Å². The molecule has 138 valence electrons. The van der Waals surface area contributed by atoms with Crippen molar-refractivity contribution in [2.75, 3.05) is 14.2 Å². The first kappa shape index (κ1) is 17.1. The summed E-state index contributed by atoms with van der Waals surface area (Å²) in [4.78, 5) is 25.6. The minimum atomic E-state index is -0.477. The van der Waals surface area contributed by atoms with Crippen LogP contribution in [-0.2, 0) is 11.8 Å². The van der Waals surface area contributed by atoms with Crippen molar-refractivity contribution < 1.29 is 19.0 Å². The number of benzene rings is 2. The summed E-state index contributed by atoms with van der Waals surface area (Å²) < 4.78 is 18.1. The zero-order valence-corrected chi connectivity index (χ0v) is 15.3. The molecule has 1 aromatic heterocycles. The van der Waals surface area contributed by atoms with Gasteiger partial charge >= 0.3 is 5.97 Å². The van der Waals surface area contributed by atoms with Gasteiger partial charge in [0.25, 0.3) is 5.56 Å². The third kappa shape index (κ3) is 2.56. The molecule has 1 atom stereocenters. The fourth-order valence-electron chi connectivity index (χ4n) is 3.78. The number of hydrogen-bond acceptors (Lipinski definition) is 5. The number of fused-ring (bicyclic) bond motifs is 3. The Morgan fingerprint density at radius 2 is 1.81 bits per heavy atom. The lowest BCUT2D eigenvalue weighted by Gasteiger charge is -2.27. The number of hydrogen-bond donors (Lipinski definition) is 0. The van der Waals surface area contributed by atoms with Gasteiger partial charge in [0, 0.05) is 23.9 Å². The van der Waals surface area contributed by atoms with Gasteiger partial charge in [-0.05, 0) is 18.2 Å². The Morgan fingerprint density at radius 1 is 1.04 bits per heavy atom. The molecule has 2 aromatic carbocycles. The van der Waals surface area contributed by atoms with Gasteiger partial charge in [-0.3, -0.25) is 9.59 Å². The molecule has 1 aliphatic rings. The molecule has 0 amide bonds. The average molecular weight is 365 g/mol. The van der Waals surface area contributed by atoms with Crippen LogP contribution >= 0.6 is 0 Å². The molecule has 0 aliphatic carbocycles. The molecule has 1 aliphatic heterocycles. The van der Waals surface area contributed by atoms with Gasteiger partial charge in [-0.2, -0.15) is 0 Å². The van der Waals surface area contributed by atoms with Crippen molar-refractivity contribution >= 4 is 16.9 Å². The van der Waals surface area contributed by atoms with Crippen LogP contribution in [0.4, 0.5) is 0 Å². The van der Waals surface area contributed by atoms with E-state index in [4.69, 9.17) is 14.2 Å². The smallest absolute Gasteiger partial charge is 0.312 e. The molecule has 3 aromatic rings. The SMILES string of the molecule is COc1cccc([C@H]2CC(=O)Oc3c2c(=O)n(C)c2ccccc32)c1OC. The first-order chi connectivity index (χ1) is 13.1. The lowest BCUT2D eigenvalue weighted by molar-refractivity contribution is -0.135. The molecule has 0 radical (unpaired) electrons. The predicted molar refractivity (Wildman–Crippen MR) is 101 cm³/mol. The van der Waals surface area contributed by atoms with E-state index in [-0.39, 0.29) is 17.9 Å². The van der Waals surface area contributed by atoms with Crippen LogP contribution in [0.1, 0.15) is 23.5 Å². The Morgan fingerprint density at radius 3 is 2.56 bits per heavy atom. The monoisotopic (exact) mass is 365 g/mol. The van der Waals surface area contributed by atoms with E-state index in [0.29, 0.717) is 28.3 Å². The zero-order chi connectivity index (χ0) is 19.1. The lowest BCUT2D eigenvalue weighted by Crippen LogP contribution is -2.31. The number of aryl methyl sites for hydroxylation is 1. The number of pyridine rings is 1. The molecule has 2 heterocycles. The Labute approximate surface area is 155 Å². The summed E-state index contributed by atoms with van der Waals surface area (Å²) in [6, 6.07) is 12.8. The van der Waals surface area contributed by atoms with Gasteiger partial charge in [-0.15, -0.1) is 0 Å². The highest BCUT2D eigenvalue weighted by Crippen LogP contribution is 2.45. The third-order valence-corrected chi connectivity index (χ3v) is 5.03. The van der Waals surface area contributed by atoms with E-state index >= 15 is 0 Å². The largest absolute Gasteiger partial charge is 0.493 e. The molecule has 0 saturated heterocycles.